The summed E-state index contributed by atoms with van der Waals surface area (Å²) in [6.45, 7) is 6.96. The number of para-hydroxylation sites is 1. The Morgan fingerprint density at radius 1 is 1.24 bits per heavy atom. The molecule has 1 amide bonds. The predicted octanol–water partition coefficient (Wildman–Crippen LogP) is 2.08. The zero-order valence-corrected chi connectivity index (χ0v) is 13.2. The molecular formula is C16H23NO4. The van der Waals surface area contributed by atoms with Crippen LogP contribution < -0.4 is 10.1 Å². The van der Waals surface area contributed by atoms with E-state index in [2.05, 4.69) is 5.32 Å². The number of carbonyl (C=O) groups excluding carboxylic acids is 2. The monoisotopic (exact) mass is 293 g/mol. The van der Waals surface area contributed by atoms with Crippen LogP contribution in [0.15, 0.2) is 24.3 Å². The number of amides is 1. The van der Waals surface area contributed by atoms with E-state index in [0.29, 0.717) is 5.75 Å². The van der Waals surface area contributed by atoms with Gasteiger partial charge in [0.2, 0.25) is 5.91 Å². The third-order valence-corrected chi connectivity index (χ3v) is 2.68. The number of methoxy groups -OCH3 is 1. The van der Waals surface area contributed by atoms with Gasteiger partial charge in [0.1, 0.15) is 17.4 Å². The first kappa shape index (κ1) is 17.0. The molecule has 5 nitrogen and oxygen atoms in total. The summed E-state index contributed by atoms with van der Waals surface area (Å²) >= 11 is 0. The molecular weight excluding hydrogens is 270 g/mol. The highest BCUT2D eigenvalue weighted by molar-refractivity contribution is 5.85. The van der Waals surface area contributed by atoms with Crippen LogP contribution in [0.2, 0.25) is 0 Å². The molecule has 1 atom stereocenters. The minimum Gasteiger partial charge on any atom is -0.496 e. The van der Waals surface area contributed by atoms with Crippen LogP contribution >= 0.6 is 0 Å². The van der Waals surface area contributed by atoms with Gasteiger partial charge in [-0.05, 0) is 33.8 Å². The summed E-state index contributed by atoms with van der Waals surface area (Å²) < 4.78 is 10.4. The normalized spacial score (nSPS) is 12.4. The number of hydrogen-bond acceptors (Lipinski definition) is 4. The molecule has 0 aliphatic carbocycles. The van der Waals surface area contributed by atoms with E-state index in [4.69, 9.17) is 9.47 Å². The van der Waals surface area contributed by atoms with Gasteiger partial charge in [-0.2, -0.15) is 0 Å². The molecule has 0 saturated carbocycles. The Morgan fingerprint density at radius 3 is 2.43 bits per heavy atom. The summed E-state index contributed by atoms with van der Waals surface area (Å²) in [5.41, 5.74) is 0.201. The fraction of sp³-hybridized carbons (Fsp3) is 0.500. The Morgan fingerprint density at radius 2 is 1.86 bits per heavy atom. The topological polar surface area (TPSA) is 64.6 Å². The van der Waals surface area contributed by atoms with Gasteiger partial charge in [-0.1, -0.05) is 18.2 Å². The van der Waals surface area contributed by atoms with Crippen molar-refractivity contribution in [1.82, 2.24) is 5.32 Å². The van der Waals surface area contributed by atoms with Crippen molar-refractivity contribution in [1.29, 1.82) is 0 Å². The molecule has 0 saturated heterocycles. The molecule has 0 heterocycles. The number of rotatable bonds is 5. The van der Waals surface area contributed by atoms with Crippen LogP contribution in [0.3, 0.4) is 0 Å². The average molecular weight is 293 g/mol. The second kappa shape index (κ2) is 7.11. The summed E-state index contributed by atoms with van der Waals surface area (Å²) in [5.74, 6) is -0.0497. The first-order chi connectivity index (χ1) is 9.73. The Labute approximate surface area is 125 Å². The highest BCUT2D eigenvalue weighted by Crippen LogP contribution is 2.17. The highest BCUT2D eigenvalue weighted by atomic mass is 16.6. The quantitative estimate of drug-likeness (QED) is 0.844. The molecule has 0 fully saturated rings. The molecule has 21 heavy (non-hydrogen) atoms. The van der Waals surface area contributed by atoms with Gasteiger partial charge in [-0.25, -0.2) is 4.79 Å². The van der Waals surface area contributed by atoms with Gasteiger partial charge >= 0.3 is 5.97 Å². The molecule has 0 spiro atoms. The second-order valence-corrected chi connectivity index (χ2v) is 5.81. The molecule has 1 aromatic rings. The van der Waals surface area contributed by atoms with Gasteiger partial charge in [0.15, 0.2) is 0 Å². The van der Waals surface area contributed by atoms with Crippen LogP contribution in [0.1, 0.15) is 33.3 Å². The Kier molecular flexibility index (Phi) is 5.76. The first-order valence-electron chi connectivity index (χ1n) is 6.87. The van der Waals surface area contributed by atoms with Gasteiger partial charge in [0.05, 0.1) is 13.5 Å². The van der Waals surface area contributed by atoms with E-state index >= 15 is 0 Å². The maximum absolute atomic E-state index is 12.0. The van der Waals surface area contributed by atoms with Gasteiger partial charge in [-0.15, -0.1) is 0 Å². The molecule has 0 aliphatic rings. The summed E-state index contributed by atoms with van der Waals surface area (Å²) in [6.07, 6.45) is 0.150. The molecule has 0 bridgehead atoms. The highest BCUT2D eigenvalue weighted by Gasteiger charge is 2.23. The van der Waals surface area contributed by atoms with E-state index in [-0.39, 0.29) is 12.3 Å². The Hall–Kier alpha value is -2.04. The summed E-state index contributed by atoms with van der Waals surface area (Å²) in [4.78, 5) is 23.8. The second-order valence-electron chi connectivity index (χ2n) is 5.81. The van der Waals surface area contributed by atoms with E-state index in [0.717, 1.165) is 5.56 Å². The summed E-state index contributed by atoms with van der Waals surface area (Å²) in [7, 11) is 1.56. The SMILES string of the molecule is COc1ccccc1CC(=O)N[C@@H](C)C(=O)OC(C)(C)C. The van der Waals surface area contributed by atoms with E-state index in [1.807, 2.05) is 18.2 Å². The van der Waals surface area contributed by atoms with E-state index in [1.165, 1.54) is 0 Å². The zero-order chi connectivity index (χ0) is 16.0. The lowest BCUT2D eigenvalue weighted by Gasteiger charge is -2.22. The average Bonchev–Trinajstić information content (AvgIpc) is 2.37. The fourth-order valence-corrected chi connectivity index (χ4v) is 1.76. The smallest absolute Gasteiger partial charge is 0.328 e. The minimum atomic E-state index is -0.688. The lowest BCUT2D eigenvalue weighted by molar-refractivity contribution is -0.158. The number of nitrogens with one attached hydrogen (secondary N) is 1. The number of esters is 1. The third-order valence-electron chi connectivity index (χ3n) is 2.68. The fourth-order valence-electron chi connectivity index (χ4n) is 1.76. The van der Waals surface area contributed by atoms with E-state index in [9.17, 15) is 9.59 Å². The number of ether oxygens (including phenoxy) is 2. The van der Waals surface area contributed by atoms with Gasteiger partial charge in [-0.3, -0.25) is 4.79 Å². The van der Waals surface area contributed by atoms with E-state index < -0.39 is 17.6 Å². The van der Waals surface area contributed by atoms with E-state index in [1.54, 1.807) is 40.9 Å². The molecule has 0 aromatic heterocycles. The van der Waals surface area contributed by atoms with Crippen molar-refractivity contribution in [3.8, 4) is 5.75 Å². The van der Waals surface area contributed by atoms with Gasteiger partial charge < -0.3 is 14.8 Å². The third kappa shape index (κ3) is 5.85. The van der Waals surface area contributed by atoms with Crippen molar-refractivity contribution >= 4 is 11.9 Å². The lowest BCUT2D eigenvalue weighted by atomic mass is 10.1. The van der Waals surface area contributed by atoms with Crippen LogP contribution in [0.25, 0.3) is 0 Å². The molecule has 0 radical (unpaired) electrons. The Bertz CT molecular complexity index is 505. The molecule has 1 N–H and O–H groups in total. The molecule has 116 valence electrons. The van der Waals surface area contributed by atoms with Crippen LogP contribution in [-0.4, -0.2) is 30.6 Å². The molecule has 0 unspecified atom stereocenters. The predicted molar refractivity (Wildman–Crippen MR) is 80.1 cm³/mol. The van der Waals surface area contributed by atoms with Crippen molar-refractivity contribution in [3.05, 3.63) is 29.8 Å². The summed E-state index contributed by atoms with van der Waals surface area (Å²) in [5, 5.41) is 2.63. The minimum absolute atomic E-state index is 0.150. The van der Waals surface area contributed by atoms with Crippen molar-refractivity contribution < 1.29 is 19.1 Å². The molecule has 1 rings (SSSR count). The molecule has 5 heteroatoms. The van der Waals surface area contributed by atoms with Crippen molar-refractivity contribution in [2.45, 2.75) is 45.8 Å². The van der Waals surface area contributed by atoms with Crippen LogP contribution in [0, 0.1) is 0 Å². The lowest BCUT2D eigenvalue weighted by Crippen LogP contribution is -2.42. The first-order valence-corrected chi connectivity index (χ1v) is 6.87. The number of carbonyl (C=O) groups is 2. The summed E-state index contributed by atoms with van der Waals surface area (Å²) in [6, 6.07) is 6.59. The standard InChI is InChI=1S/C16H23NO4/c1-11(15(19)21-16(2,3)4)17-14(18)10-12-8-6-7-9-13(12)20-5/h6-9,11H,10H2,1-5H3,(H,17,18)/t11-/m0/s1. The zero-order valence-electron chi connectivity index (χ0n) is 13.2. The number of benzene rings is 1. The van der Waals surface area contributed by atoms with Crippen LogP contribution in [-0.2, 0) is 20.7 Å². The van der Waals surface area contributed by atoms with Crippen molar-refractivity contribution in [2.24, 2.45) is 0 Å². The molecule has 1 aromatic carbocycles. The van der Waals surface area contributed by atoms with Gasteiger partial charge in [0.25, 0.3) is 0 Å². The Balaban J connectivity index is 2.59. The van der Waals surface area contributed by atoms with Crippen molar-refractivity contribution in [2.75, 3.05) is 7.11 Å². The van der Waals surface area contributed by atoms with Crippen LogP contribution in [0.4, 0.5) is 0 Å². The molecule has 0 aliphatic heterocycles. The maximum atomic E-state index is 12.0. The number of hydrogen-bond donors (Lipinski definition) is 1. The largest absolute Gasteiger partial charge is 0.496 e. The maximum Gasteiger partial charge on any atom is 0.328 e. The van der Waals surface area contributed by atoms with Crippen LogP contribution in [0.5, 0.6) is 5.75 Å². The van der Waals surface area contributed by atoms with Gasteiger partial charge in [0, 0.05) is 5.56 Å². The van der Waals surface area contributed by atoms with Crippen molar-refractivity contribution in [3.63, 3.8) is 0 Å².